The van der Waals surface area contributed by atoms with Crippen LogP contribution >= 0.6 is 0 Å². The van der Waals surface area contributed by atoms with Crippen LogP contribution in [-0.4, -0.2) is 6.10 Å². The lowest BCUT2D eigenvalue weighted by atomic mass is 10.0. The summed E-state index contributed by atoms with van der Waals surface area (Å²) in [4.78, 5) is 11.9. The van der Waals surface area contributed by atoms with Gasteiger partial charge < -0.3 is 9.15 Å². The Labute approximate surface area is 105 Å². The van der Waals surface area contributed by atoms with Crippen molar-refractivity contribution in [2.45, 2.75) is 26.4 Å². The summed E-state index contributed by atoms with van der Waals surface area (Å²) in [6, 6.07) is 5.20. The summed E-state index contributed by atoms with van der Waals surface area (Å²) < 4.78 is 11.4. The van der Waals surface area contributed by atoms with Gasteiger partial charge in [-0.2, -0.15) is 0 Å². The first kappa shape index (κ1) is 11.1. The highest BCUT2D eigenvalue weighted by Gasteiger charge is 2.24. The molecule has 1 aliphatic heterocycles. The maximum atomic E-state index is 11.9. The highest BCUT2D eigenvalue weighted by molar-refractivity contribution is 5.80. The molecule has 1 atom stereocenters. The van der Waals surface area contributed by atoms with E-state index in [-0.39, 0.29) is 11.5 Å². The quantitative estimate of drug-likeness (QED) is 0.722. The van der Waals surface area contributed by atoms with Crippen molar-refractivity contribution in [1.29, 1.82) is 0 Å². The molecule has 0 saturated heterocycles. The van der Waals surface area contributed by atoms with Gasteiger partial charge in [-0.05, 0) is 31.1 Å². The molecule has 0 saturated carbocycles. The molecule has 3 rings (SSSR count). The standard InChI is InChI=1S/C15H14O3/c1-8(2)13-6-10-5-11-12(16)4-9(3)17-15(11)7-14(10)18-13/h4-5,7,13H,1,6H2,2-3H3. The molecule has 2 heterocycles. The van der Waals surface area contributed by atoms with Crippen LogP contribution in [0.15, 0.2) is 39.6 Å². The van der Waals surface area contributed by atoms with E-state index in [4.69, 9.17) is 9.15 Å². The van der Waals surface area contributed by atoms with Crippen molar-refractivity contribution in [2.75, 3.05) is 0 Å². The third-order valence-corrected chi connectivity index (χ3v) is 3.26. The van der Waals surface area contributed by atoms with E-state index in [0.717, 1.165) is 23.3 Å². The second-order valence-electron chi connectivity index (χ2n) is 4.83. The van der Waals surface area contributed by atoms with Crippen LogP contribution in [0.2, 0.25) is 0 Å². The number of hydrogen-bond acceptors (Lipinski definition) is 3. The second kappa shape index (κ2) is 3.73. The van der Waals surface area contributed by atoms with Crippen molar-refractivity contribution in [2.24, 2.45) is 0 Å². The predicted molar refractivity (Wildman–Crippen MR) is 70.2 cm³/mol. The van der Waals surface area contributed by atoms with Gasteiger partial charge in [-0.15, -0.1) is 0 Å². The van der Waals surface area contributed by atoms with E-state index in [1.165, 1.54) is 6.07 Å². The number of fused-ring (bicyclic) bond motifs is 2. The third-order valence-electron chi connectivity index (χ3n) is 3.26. The highest BCUT2D eigenvalue weighted by Crippen LogP contribution is 2.34. The minimum absolute atomic E-state index is 0.00433. The monoisotopic (exact) mass is 242 g/mol. The summed E-state index contributed by atoms with van der Waals surface area (Å²) in [6.45, 7) is 7.63. The summed E-state index contributed by atoms with van der Waals surface area (Å²) in [5, 5.41) is 0.616. The number of hydrogen-bond donors (Lipinski definition) is 0. The van der Waals surface area contributed by atoms with Gasteiger partial charge in [-0.1, -0.05) is 6.58 Å². The summed E-state index contributed by atoms with van der Waals surface area (Å²) in [5.41, 5.74) is 2.62. The van der Waals surface area contributed by atoms with E-state index in [1.807, 2.05) is 19.1 Å². The molecule has 18 heavy (non-hydrogen) atoms. The van der Waals surface area contributed by atoms with E-state index in [1.54, 1.807) is 6.92 Å². The van der Waals surface area contributed by atoms with Crippen LogP contribution in [0.1, 0.15) is 18.2 Å². The van der Waals surface area contributed by atoms with Gasteiger partial charge in [-0.25, -0.2) is 0 Å². The largest absolute Gasteiger partial charge is 0.485 e. The van der Waals surface area contributed by atoms with Gasteiger partial charge in [0, 0.05) is 18.6 Å². The molecule has 1 aliphatic rings. The van der Waals surface area contributed by atoms with Gasteiger partial charge in [0.15, 0.2) is 5.43 Å². The lowest BCUT2D eigenvalue weighted by Crippen LogP contribution is -2.13. The average Bonchev–Trinajstić information content (AvgIpc) is 2.69. The Morgan fingerprint density at radius 2 is 2.17 bits per heavy atom. The Morgan fingerprint density at radius 1 is 1.39 bits per heavy atom. The van der Waals surface area contributed by atoms with Crippen LogP contribution in [0.25, 0.3) is 11.0 Å². The molecule has 3 nitrogen and oxygen atoms in total. The minimum Gasteiger partial charge on any atom is -0.485 e. The number of benzene rings is 1. The lowest BCUT2D eigenvalue weighted by molar-refractivity contribution is 0.271. The number of rotatable bonds is 1. The van der Waals surface area contributed by atoms with Gasteiger partial charge in [0.05, 0.1) is 5.39 Å². The van der Waals surface area contributed by atoms with Gasteiger partial charge in [0.2, 0.25) is 0 Å². The molecule has 0 spiro atoms. The lowest BCUT2D eigenvalue weighted by Gasteiger charge is -2.08. The first-order valence-electron chi connectivity index (χ1n) is 5.94. The van der Waals surface area contributed by atoms with E-state index < -0.39 is 0 Å². The van der Waals surface area contributed by atoms with Crippen LogP contribution in [0.3, 0.4) is 0 Å². The topological polar surface area (TPSA) is 39.4 Å². The molecule has 1 unspecified atom stereocenters. The van der Waals surface area contributed by atoms with Crippen molar-refractivity contribution in [3.8, 4) is 5.75 Å². The third kappa shape index (κ3) is 1.63. The first-order chi connectivity index (χ1) is 8.54. The van der Waals surface area contributed by atoms with Crippen molar-refractivity contribution in [3.05, 3.63) is 51.9 Å². The van der Waals surface area contributed by atoms with Crippen LogP contribution in [-0.2, 0) is 6.42 Å². The zero-order valence-corrected chi connectivity index (χ0v) is 10.4. The Bertz CT molecular complexity index is 709. The number of ether oxygens (including phenoxy) is 1. The maximum Gasteiger partial charge on any atom is 0.192 e. The van der Waals surface area contributed by atoms with Crippen molar-refractivity contribution in [1.82, 2.24) is 0 Å². The molecule has 0 amide bonds. The van der Waals surface area contributed by atoms with Crippen LogP contribution in [0.4, 0.5) is 0 Å². The molecule has 2 aromatic rings. The summed E-state index contributed by atoms with van der Waals surface area (Å²) in [5.74, 6) is 1.41. The molecule has 1 aromatic heterocycles. The van der Waals surface area contributed by atoms with Crippen molar-refractivity contribution < 1.29 is 9.15 Å². The summed E-state index contributed by atoms with van der Waals surface area (Å²) in [7, 11) is 0. The fraction of sp³-hybridized carbons (Fsp3) is 0.267. The SMILES string of the molecule is C=C(C)C1Cc2cc3c(=O)cc(C)oc3cc2O1. The molecular formula is C15H14O3. The Hall–Kier alpha value is -2.03. The van der Waals surface area contributed by atoms with Gasteiger partial charge in [0.1, 0.15) is 23.2 Å². The smallest absolute Gasteiger partial charge is 0.192 e. The van der Waals surface area contributed by atoms with Crippen LogP contribution in [0.5, 0.6) is 5.75 Å². The van der Waals surface area contributed by atoms with Crippen molar-refractivity contribution in [3.63, 3.8) is 0 Å². The normalized spacial score (nSPS) is 17.6. The Morgan fingerprint density at radius 3 is 2.89 bits per heavy atom. The van der Waals surface area contributed by atoms with E-state index in [9.17, 15) is 4.79 Å². The van der Waals surface area contributed by atoms with Gasteiger partial charge in [0.25, 0.3) is 0 Å². The van der Waals surface area contributed by atoms with Gasteiger partial charge >= 0.3 is 0 Å². The number of aryl methyl sites for hydroxylation is 1. The van der Waals surface area contributed by atoms with E-state index in [2.05, 4.69) is 6.58 Å². The first-order valence-corrected chi connectivity index (χ1v) is 5.94. The summed E-state index contributed by atoms with van der Waals surface area (Å²) in [6.07, 6.45) is 0.779. The fourth-order valence-corrected chi connectivity index (χ4v) is 2.29. The Kier molecular flexibility index (Phi) is 2.30. The molecule has 0 fully saturated rings. The van der Waals surface area contributed by atoms with Gasteiger partial charge in [-0.3, -0.25) is 4.79 Å². The van der Waals surface area contributed by atoms with Crippen LogP contribution in [0, 0.1) is 6.92 Å². The average molecular weight is 242 g/mol. The Balaban J connectivity index is 2.20. The summed E-state index contributed by atoms with van der Waals surface area (Å²) >= 11 is 0. The zero-order chi connectivity index (χ0) is 12.9. The molecular weight excluding hydrogens is 228 g/mol. The molecule has 3 heteroatoms. The highest BCUT2D eigenvalue weighted by atomic mass is 16.5. The molecule has 0 radical (unpaired) electrons. The molecule has 92 valence electrons. The van der Waals surface area contributed by atoms with Crippen molar-refractivity contribution >= 4 is 11.0 Å². The molecule has 0 aliphatic carbocycles. The maximum absolute atomic E-state index is 11.9. The van der Waals surface area contributed by atoms with E-state index in [0.29, 0.717) is 16.7 Å². The van der Waals surface area contributed by atoms with Crippen LogP contribution < -0.4 is 10.2 Å². The molecule has 0 N–H and O–H groups in total. The molecule has 1 aromatic carbocycles. The minimum atomic E-state index is -0.00433. The van der Waals surface area contributed by atoms with E-state index >= 15 is 0 Å². The molecule has 0 bridgehead atoms. The second-order valence-corrected chi connectivity index (χ2v) is 4.83. The fourth-order valence-electron chi connectivity index (χ4n) is 2.29. The predicted octanol–water partition coefficient (Wildman–Crippen LogP) is 2.98. The zero-order valence-electron chi connectivity index (χ0n) is 10.4.